The number of rotatable bonds is 2. The first-order valence-electron chi connectivity index (χ1n) is 3.96. The fraction of sp³-hybridized carbons (Fsp3) is 0.300. The normalized spacial score (nSPS) is 12.1. The van der Waals surface area contributed by atoms with Crippen molar-refractivity contribution in [1.82, 2.24) is 4.98 Å². The molecule has 0 spiro atoms. The quantitative estimate of drug-likeness (QED) is 0.665. The van der Waals surface area contributed by atoms with Crippen LogP contribution in [0.2, 0.25) is 0 Å². The van der Waals surface area contributed by atoms with Crippen molar-refractivity contribution in [1.29, 1.82) is 0 Å². The van der Waals surface area contributed by atoms with Gasteiger partial charge in [-0.05, 0) is 18.4 Å². The average Bonchev–Trinajstić information content (AvgIpc) is 2.16. The van der Waals surface area contributed by atoms with E-state index in [2.05, 4.69) is 10.9 Å². The average molecular weight is 160 g/mol. The van der Waals surface area contributed by atoms with Gasteiger partial charge in [0, 0.05) is 17.8 Å². The van der Waals surface area contributed by atoms with Crippen molar-refractivity contribution in [2.24, 2.45) is 5.73 Å². The van der Waals surface area contributed by atoms with Crippen molar-refractivity contribution in [2.75, 3.05) is 0 Å². The molecular weight excluding hydrogens is 148 g/mol. The van der Waals surface area contributed by atoms with Crippen LogP contribution in [0.25, 0.3) is 0 Å². The van der Waals surface area contributed by atoms with E-state index in [1.165, 1.54) is 0 Å². The topological polar surface area (TPSA) is 38.9 Å². The van der Waals surface area contributed by atoms with Crippen LogP contribution in [0.1, 0.15) is 30.6 Å². The maximum Gasteiger partial charge on any atom is 0.117 e. The van der Waals surface area contributed by atoms with E-state index in [0.717, 1.165) is 12.0 Å². The molecule has 1 rings (SSSR count). The fourth-order valence-electron chi connectivity index (χ4n) is 1.06. The Morgan fingerprint density at radius 1 is 1.75 bits per heavy atom. The first kappa shape index (κ1) is 8.76. The van der Waals surface area contributed by atoms with Crippen molar-refractivity contribution in [3.8, 4) is 12.3 Å². The minimum absolute atomic E-state index is 0.00440. The Bertz CT molecular complexity index is 299. The van der Waals surface area contributed by atoms with Gasteiger partial charge in [0.2, 0.25) is 0 Å². The van der Waals surface area contributed by atoms with Crippen LogP contribution in [0.4, 0.5) is 0 Å². The predicted molar refractivity (Wildman–Crippen MR) is 49.4 cm³/mol. The molecule has 0 aliphatic carbocycles. The maximum absolute atomic E-state index is 5.84. The van der Waals surface area contributed by atoms with Gasteiger partial charge < -0.3 is 5.73 Å². The molecule has 0 saturated heterocycles. The van der Waals surface area contributed by atoms with E-state index < -0.39 is 0 Å². The summed E-state index contributed by atoms with van der Waals surface area (Å²) in [6.45, 7) is 2.03. The van der Waals surface area contributed by atoms with Crippen LogP contribution in [-0.2, 0) is 0 Å². The third-order valence-corrected chi connectivity index (χ3v) is 1.81. The lowest BCUT2D eigenvalue weighted by Gasteiger charge is -2.09. The number of hydrogen-bond acceptors (Lipinski definition) is 2. The van der Waals surface area contributed by atoms with E-state index in [1.54, 1.807) is 6.20 Å². The maximum atomic E-state index is 5.84. The van der Waals surface area contributed by atoms with Gasteiger partial charge in [0.25, 0.3) is 0 Å². The number of terminal acetylenes is 1. The molecule has 2 N–H and O–H groups in total. The van der Waals surface area contributed by atoms with Gasteiger partial charge in [-0.25, -0.2) is 4.98 Å². The molecule has 0 bridgehead atoms. The van der Waals surface area contributed by atoms with Crippen LogP contribution in [0.3, 0.4) is 0 Å². The summed E-state index contributed by atoms with van der Waals surface area (Å²) in [5, 5.41) is 0. The molecule has 2 nitrogen and oxygen atoms in total. The minimum Gasteiger partial charge on any atom is -0.324 e. The zero-order valence-electron chi connectivity index (χ0n) is 7.12. The molecule has 2 heteroatoms. The van der Waals surface area contributed by atoms with Gasteiger partial charge in [-0.2, -0.15) is 0 Å². The highest BCUT2D eigenvalue weighted by Crippen LogP contribution is 2.15. The monoisotopic (exact) mass is 160 g/mol. The summed E-state index contributed by atoms with van der Waals surface area (Å²) in [5.41, 5.74) is 7.45. The van der Waals surface area contributed by atoms with Crippen LogP contribution in [0.5, 0.6) is 0 Å². The highest BCUT2D eigenvalue weighted by Gasteiger charge is 2.07. The van der Waals surface area contributed by atoms with E-state index in [-0.39, 0.29) is 6.04 Å². The van der Waals surface area contributed by atoms with Gasteiger partial charge in [-0.15, -0.1) is 6.42 Å². The molecule has 0 aliphatic rings. The van der Waals surface area contributed by atoms with Crippen LogP contribution >= 0.6 is 0 Å². The van der Waals surface area contributed by atoms with Crippen molar-refractivity contribution in [3.63, 3.8) is 0 Å². The second kappa shape index (κ2) is 3.89. The number of pyridine rings is 1. The predicted octanol–water partition coefficient (Wildman–Crippen LogP) is 1.47. The largest absolute Gasteiger partial charge is 0.324 e. The molecule has 1 atom stereocenters. The summed E-state index contributed by atoms with van der Waals surface area (Å²) < 4.78 is 0. The van der Waals surface area contributed by atoms with Crippen LogP contribution in [0.15, 0.2) is 18.3 Å². The lowest BCUT2D eigenvalue weighted by molar-refractivity contribution is 0.693. The Morgan fingerprint density at radius 2 is 2.50 bits per heavy atom. The highest BCUT2D eigenvalue weighted by molar-refractivity contribution is 5.35. The van der Waals surface area contributed by atoms with Gasteiger partial charge >= 0.3 is 0 Å². The van der Waals surface area contributed by atoms with Gasteiger partial charge in [0.05, 0.1) is 0 Å². The summed E-state index contributed by atoms with van der Waals surface area (Å²) in [7, 11) is 0. The molecule has 0 fully saturated rings. The summed E-state index contributed by atoms with van der Waals surface area (Å²) in [6, 6.07) is 3.78. The molecule has 0 unspecified atom stereocenters. The second-order valence-corrected chi connectivity index (χ2v) is 2.60. The first-order valence-corrected chi connectivity index (χ1v) is 3.96. The van der Waals surface area contributed by atoms with Crippen molar-refractivity contribution in [3.05, 3.63) is 29.6 Å². The summed E-state index contributed by atoms with van der Waals surface area (Å²) in [4.78, 5) is 4.05. The van der Waals surface area contributed by atoms with Gasteiger partial charge in [-0.3, -0.25) is 0 Å². The lowest BCUT2D eigenvalue weighted by Crippen LogP contribution is -2.11. The Morgan fingerprint density at radius 3 is 3.08 bits per heavy atom. The standard InChI is InChI=1S/C10H12N2/c1-3-9(11)8-6-5-7-12-10(8)4-2/h2,5-7,9H,3,11H2,1H3/t9-/m0/s1. The zero-order valence-corrected chi connectivity index (χ0v) is 7.12. The van der Waals surface area contributed by atoms with Crippen molar-refractivity contribution >= 4 is 0 Å². The number of nitrogens with two attached hydrogens (primary N) is 1. The smallest absolute Gasteiger partial charge is 0.117 e. The van der Waals surface area contributed by atoms with Crippen molar-refractivity contribution in [2.45, 2.75) is 19.4 Å². The third kappa shape index (κ3) is 1.63. The number of hydrogen-bond donors (Lipinski definition) is 1. The van der Waals surface area contributed by atoms with Gasteiger partial charge in [0.15, 0.2) is 0 Å². The molecule has 1 heterocycles. The number of aromatic nitrogens is 1. The van der Waals surface area contributed by atoms with Crippen molar-refractivity contribution < 1.29 is 0 Å². The van der Waals surface area contributed by atoms with Gasteiger partial charge in [-0.1, -0.05) is 13.0 Å². The van der Waals surface area contributed by atoms with E-state index >= 15 is 0 Å². The number of nitrogens with zero attached hydrogens (tertiary/aromatic N) is 1. The summed E-state index contributed by atoms with van der Waals surface area (Å²) in [6.07, 6.45) is 7.83. The summed E-state index contributed by atoms with van der Waals surface area (Å²) in [5.74, 6) is 2.52. The zero-order chi connectivity index (χ0) is 8.97. The molecule has 62 valence electrons. The fourth-order valence-corrected chi connectivity index (χ4v) is 1.06. The SMILES string of the molecule is C#Cc1ncccc1[C@@H](N)CC. The van der Waals surface area contributed by atoms with E-state index in [0.29, 0.717) is 5.69 Å². The molecular formula is C10H12N2. The Balaban J connectivity index is 3.07. The molecule has 12 heavy (non-hydrogen) atoms. The second-order valence-electron chi connectivity index (χ2n) is 2.60. The molecule has 0 amide bonds. The van der Waals surface area contributed by atoms with Crippen LogP contribution < -0.4 is 5.73 Å². The van der Waals surface area contributed by atoms with Crippen LogP contribution in [0, 0.1) is 12.3 Å². The van der Waals surface area contributed by atoms with Gasteiger partial charge in [0.1, 0.15) is 5.69 Å². The van der Waals surface area contributed by atoms with E-state index in [1.807, 2.05) is 19.1 Å². The Kier molecular flexibility index (Phi) is 2.84. The first-order chi connectivity index (χ1) is 5.79. The third-order valence-electron chi connectivity index (χ3n) is 1.81. The molecule has 1 aromatic heterocycles. The van der Waals surface area contributed by atoms with Crippen LogP contribution in [-0.4, -0.2) is 4.98 Å². The summed E-state index contributed by atoms with van der Waals surface area (Å²) >= 11 is 0. The lowest BCUT2D eigenvalue weighted by atomic mass is 10.0. The highest BCUT2D eigenvalue weighted by atomic mass is 14.7. The minimum atomic E-state index is 0.00440. The molecule has 1 aromatic rings. The molecule has 0 aromatic carbocycles. The molecule has 0 radical (unpaired) electrons. The molecule has 0 saturated carbocycles. The molecule has 0 aliphatic heterocycles. The van der Waals surface area contributed by atoms with E-state index in [9.17, 15) is 0 Å². The Labute approximate surface area is 72.8 Å². The van der Waals surface area contributed by atoms with E-state index in [4.69, 9.17) is 12.2 Å². The Hall–Kier alpha value is -1.33.